The molecule has 2 rings (SSSR count). The van der Waals surface area contributed by atoms with E-state index in [1.165, 1.54) is 6.21 Å². The molecule has 0 atom stereocenters. The quantitative estimate of drug-likeness (QED) is 0.377. The number of benzene rings is 1. The fraction of sp³-hybridized carbons (Fsp3) is 0. The number of oxime groups is 1. The second-order valence-electron chi connectivity index (χ2n) is 2.46. The summed E-state index contributed by atoms with van der Waals surface area (Å²) in [7, 11) is 0. The molecule has 0 bridgehead atoms. The molecule has 2 aromatic rings. The van der Waals surface area contributed by atoms with Crippen LogP contribution in [0, 0.1) is 0 Å². The minimum absolute atomic E-state index is 0.853. The van der Waals surface area contributed by atoms with Gasteiger partial charge in [-0.2, -0.15) is 5.10 Å². The van der Waals surface area contributed by atoms with Gasteiger partial charge in [0.25, 0.3) is 0 Å². The van der Waals surface area contributed by atoms with Crippen molar-refractivity contribution in [1.82, 2.24) is 10.2 Å². The average molecular weight is 161 g/mol. The zero-order valence-electron chi connectivity index (χ0n) is 6.23. The highest BCUT2D eigenvalue weighted by Gasteiger charge is 1.94. The van der Waals surface area contributed by atoms with Crippen molar-refractivity contribution in [3.8, 4) is 0 Å². The Morgan fingerprint density at radius 3 is 3.25 bits per heavy atom. The molecule has 0 aliphatic rings. The maximum Gasteiger partial charge on any atom is 0.0734 e. The Labute approximate surface area is 68.5 Å². The van der Waals surface area contributed by atoms with Crippen LogP contribution >= 0.6 is 0 Å². The van der Waals surface area contributed by atoms with E-state index in [0.29, 0.717) is 0 Å². The van der Waals surface area contributed by atoms with Gasteiger partial charge in [0.05, 0.1) is 17.9 Å². The van der Waals surface area contributed by atoms with Crippen molar-refractivity contribution < 1.29 is 5.21 Å². The van der Waals surface area contributed by atoms with Crippen LogP contribution in [0.25, 0.3) is 10.9 Å². The molecule has 0 unspecified atom stereocenters. The van der Waals surface area contributed by atoms with E-state index in [2.05, 4.69) is 15.4 Å². The van der Waals surface area contributed by atoms with E-state index in [1.807, 2.05) is 18.2 Å². The standard InChI is InChI=1S/C8H7N3O/c12-10-4-6-1-2-8-7(3-6)5-9-11-8/h1-5,12H,(H,9,11)/b10-4+. The maximum atomic E-state index is 8.29. The molecule has 0 saturated heterocycles. The topological polar surface area (TPSA) is 61.3 Å². The third kappa shape index (κ3) is 1.03. The Balaban J connectivity index is 2.60. The fourth-order valence-corrected chi connectivity index (χ4v) is 1.11. The van der Waals surface area contributed by atoms with Crippen molar-refractivity contribution in [2.24, 2.45) is 5.16 Å². The van der Waals surface area contributed by atoms with Gasteiger partial charge in [-0.05, 0) is 17.7 Å². The van der Waals surface area contributed by atoms with Crippen LogP contribution in [0.4, 0.5) is 0 Å². The zero-order chi connectivity index (χ0) is 8.39. The summed E-state index contributed by atoms with van der Waals surface area (Å²) >= 11 is 0. The summed E-state index contributed by atoms with van der Waals surface area (Å²) in [6.45, 7) is 0. The smallest absolute Gasteiger partial charge is 0.0734 e. The highest BCUT2D eigenvalue weighted by molar-refractivity contribution is 5.88. The van der Waals surface area contributed by atoms with Gasteiger partial charge < -0.3 is 5.21 Å². The Morgan fingerprint density at radius 2 is 2.42 bits per heavy atom. The first kappa shape index (κ1) is 6.84. The van der Waals surface area contributed by atoms with Gasteiger partial charge in [0.1, 0.15) is 0 Å². The summed E-state index contributed by atoms with van der Waals surface area (Å²) in [6.07, 6.45) is 3.11. The van der Waals surface area contributed by atoms with Gasteiger partial charge in [-0.15, -0.1) is 0 Å². The third-order valence-corrected chi connectivity index (χ3v) is 1.67. The summed E-state index contributed by atoms with van der Waals surface area (Å²) in [5.74, 6) is 0. The van der Waals surface area contributed by atoms with E-state index in [9.17, 15) is 0 Å². The van der Waals surface area contributed by atoms with Gasteiger partial charge in [-0.3, -0.25) is 5.10 Å². The molecule has 0 aliphatic carbocycles. The second kappa shape index (κ2) is 2.65. The van der Waals surface area contributed by atoms with Gasteiger partial charge in [0, 0.05) is 5.39 Å². The molecule has 60 valence electrons. The number of rotatable bonds is 1. The van der Waals surface area contributed by atoms with Gasteiger partial charge in [-0.25, -0.2) is 0 Å². The Bertz CT molecular complexity index is 419. The number of hydrogen-bond donors (Lipinski definition) is 2. The molecular formula is C8H7N3O. The van der Waals surface area contributed by atoms with Crippen molar-refractivity contribution in [3.63, 3.8) is 0 Å². The van der Waals surface area contributed by atoms with E-state index >= 15 is 0 Å². The van der Waals surface area contributed by atoms with E-state index in [-0.39, 0.29) is 0 Å². The van der Waals surface area contributed by atoms with Gasteiger partial charge in [-0.1, -0.05) is 11.2 Å². The summed E-state index contributed by atoms with van der Waals surface area (Å²) < 4.78 is 0. The first-order valence-corrected chi connectivity index (χ1v) is 3.51. The summed E-state index contributed by atoms with van der Waals surface area (Å²) in [6, 6.07) is 5.62. The number of nitrogens with one attached hydrogen (secondary N) is 1. The van der Waals surface area contributed by atoms with Crippen molar-refractivity contribution >= 4 is 17.1 Å². The lowest BCUT2D eigenvalue weighted by molar-refractivity contribution is 0.322. The molecule has 1 aromatic carbocycles. The molecule has 0 fully saturated rings. The van der Waals surface area contributed by atoms with E-state index in [1.54, 1.807) is 6.20 Å². The van der Waals surface area contributed by atoms with Gasteiger partial charge in [0.2, 0.25) is 0 Å². The van der Waals surface area contributed by atoms with Gasteiger partial charge in [0.15, 0.2) is 0 Å². The van der Waals surface area contributed by atoms with Crippen LogP contribution in [-0.4, -0.2) is 21.6 Å². The van der Waals surface area contributed by atoms with Crippen molar-refractivity contribution in [1.29, 1.82) is 0 Å². The average Bonchev–Trinajstić information content (AvgIpc) is 2.51. The maximum absolute atomic E-state index is 8.29. The van der Waals surface area contributed by atoms with Crippen LogP contribution in [0.15, 0.2) is 29.6 Å². The van der Waals surface area contributed by atoms with Crippen molar-refractivity contribution in [2.45, 2.75) is 0 Å². The number of nitrogens with zero attached hydrogens (tertiary/aromatic N) is 2. The summed E-state index contributed by atoms with van der Waals surface area (Å²) in [4.78, 5) is 0. The number of aromatic amines is 1. The van der Waals surface area contributed by atoms with Gasteiger partial charge >= 0.3 is 0 Å². The molecule has 12 heavy (non-hydrogen) atoms. The fourth-order valence-electron chi connectivity index (χ4n) is 1.11. The third-order valence-electron chi connectivity index (χ3n) is 1.67. The van der Waals surface area contributed by atoms with Crippen LogP contribution in [-0.2, 0) is 0 Å². The van der Waals surface area contributed by atoms with Crippen molar-refractivity contribution in [2.75, 3.05) is 0 Å². The lowest BCUT2D eigenvalue weighted by atomic mass is 10.2. The molecule has 4 nitrogen and oxygen atoms in total. The molecular weight excluding hydrogens is 154 g/mol. The number of H-pyrrole nitrogens is 1. The lowest BCUT2D eigenvalue weighted by Crippen LogP contribution is -1.79. The van der Waals surface area contributed by atoms with Crippen LogP contribution in [0.3, 0.4) is 0 Å². The van der Waals surface area contributed by atoms with Crippen LogP contribution in [0.2, 0.25) is 0 Å². The predicted molar refractivity (Wildman–Crippen MR) is 45.5 cm³/mol. The summed E-state index contributed by atoms with van der Waals surface area (Å²) in [5, 5.41) is 18.9. The number of hydrogen-bond acceptors (Lipinski definition) is 3. The highest BCUT2D eigenvalue weighted by Crippen LogP contribution is 2.11. The van der Waals surface area contributed by atoms with Crippen LogP contribution < -0.4 is 0 Å². The van der Waals surface area contributed by atoms with Crippen LogP contribution in [0.1, 0.15) is 5.56 Å². The molecule has 0 saturated carbocycles. The molecule has 4 heteroatoms. The molecule has 1 aromatic heterocycles. The Kier molecular flexibility index (Phi) is 1.51. The first-order valence-electron chi connectivity index (χ1n) is 3.51. The number of aromatic nitrogens is 2. The van der Waals surface area contributed by atoms with E-state index in [0.717, 1.165) is 16.5 Å². The Hall–Kier alpha value is -1.84. The zero-order valence-corrected chi connectivity index (χ0v) is 6.23. The minimum Gasteiger partial charge on any atom is -0.411 e. The second-order valence-corrected chi connectivity index (χ2v) is 2.46. The number of fused-ring (bicyclic) bond motifs is 1. The predicted octanol–water partition coefficient (Wildman–Crippen LogP) is 1.37. The minimum atomic E-state index is 0.853. The van der Waals surface area contributed by atoms with Crippen molar-refractivity contribution in [3.05, 3.63) is 30.0 Å². The molecule has 2 N–H and O–H groups in total. The lowest BCUT2D eigenvalue weighted by Gasteiger charge is -1.90. The molecule has 0 aliphatic heterocycles. The summed E-state index contributed by atoms with van der Waals surface area (Å²) in [5.41, 5.74) is 1.83. The normalized spacial score (nSPS) is 11.3. The molecule has 1 heterocycles. The first-order chi connectivity index (χ1) is 5.90. The molecule has 0 radical (unpaired) electrons. The highest BCUT2D eigenvalue weighted by atomic mass is 16.4. The largest absolute Gasteiger partial charge is 0.411 e. The molecule has 0 amide bonds. The Morgan fingerprint density at radius 1 is 1.50 bits per heavy atom. The van der Waals surface area contributed by atoms with E-state index in [4.69, 9.17) is 5.21 Å². The monoisotopic (exact) mass is 161 g/mol. The molecule has 0 spiro atoms. The SMILES string of the molecule is O/N=C/c1ccc2[nH]ncc2c1. The van der Waals surface area contributed by atoms with Crippen LogP contribution in [0.5, 0.6) is 0 Å². The van der Waals surface area contributed by atoms with E-state index < -0.39 is 0 Å².